The Bertz CT molecular complexity index is 613. The van der Waals surface area contributed by atoms with E-state index in [0.29, 0.717) is 0 Å². The van der Waals surface area contributed by atoms with Crippen LogP contribution >= 0.6 is 0 Å². The van der Waals surface area contributed by atoms with Gasteiger partial charge in [-0.1, -0.05) is 6.92 Å². The van der Waals surface area contributed by atoms with E-state index in [4.69, 9.17) is 5.73 Å². The summed E-state index contributed by atoms with van der Waals surface area (Å²) >= 11 is 0. The lowest BCUT2D eigenvalue weighted by molar-refractivity contribution is 0.731. The first kappa shape index (κ1) is 11.2. The molecule has 2 aromatic heterocycles. The summed E-state index contributed by atoms with van der Waals surface area (Å²) in [6.07, 6.45) is 8.66. The molecule has 0 saturated heterocycles. The second-order valence-corrected chi connectivity index (χ2v) is 4.70. The molecule has 0 bridgehead atoms. The van der Waals surface area contributed by atoms with Crippen molar-refractivity contribution in [2.24, 2.45) is 5.73 Å². The molecule has 0 fully saturated rings. The SMILES string of the molecule is CCCN1C=C(C)C(N)c2ncc3cncn3c21. The maximum atomic E-state index is 6.22. The summed E-state index contributed by atoms with van der Waals surface area (Å²) in [5.74, 6) is 1.05. The van der Waals surface area contributed by atoms with Gasteiger partial charge in [0, 0.05) is 12.7 Å². The van der Waals surface area contributed by atoms with Gasteiger partial charge in [0.05, 0.1) is 24.0 Å². The van der Waals surface area contributed by atoms with Crippen LogP contribution in [-0.4, -0.2) is 20.9 Å². The quantitative estimate of drug-likeness (QED) is 0.874. The summed E-state index contributed by atoms with van der Waals surface area (Å²) in [5.41, 5.74) is 9.28. The van der Waals surface area contributed by atoms with Gasteiger partial charge in [0.15, 0.2) is 0 Å². The molecule has 3 heterocycles. The molecule has 1 atom stereocenters. The third kappa shape index (κ3) is 1.51. The van der Waals surface area contributed by atoms with E-state index in [9.17, 15) is 0 Å². The van der Waals surface area contributed by atoms with Gasteiger partial charge < -0.3 is 10.6 Å². The fourth-order valence-electron chi connectivity index (χ4n) is 2.41. The number of aromatic nitrogens is 3. The standard InChI is InChI=1S/C13H17N5/c1-3-4-17-7-9(2)11(14)12-13(17)18-8-15-5-10(18)6-16-12/h5-8,11H,3-4,14H2,1-2H3. The Morgan fingerprint density at radius 1 is 1.39 bits per heavy atom. The Labute approximate surface area is 106 Å². The van der Waals surface area contributed by atoms with Crippen molar-refractivity contribution in [3.8, 4) is 0 Å². The van der Waals surface area contributed by atoms with Crippen molar-refractivity contribution in [1.82, 2.24) is 14.4 Å². The van der Waals surface area contributed by atoms with Crippen LogP contribution in [0.4, 0.5) is 5.82 Å². The molecule has 2 aromatic rings. The van der Waals surface area contributed by atoms with Crippen LogP contribution in [0.1, 0.15) is 32.0 Å². The summed E-state index contributed by atoms with van der Waals surface area (Å²) in [5, 5.41) is 0. The van der Waals surface area contributed by atoms with E-state index in [1.807, 2.05) is 18.7 Å². The highest BCUT2D eigenvalue weighted by molar-refractivity contribution is 5.61. The Kier molecular flexibility index (Phi) is 2.56. The van der Waals surface area contributed by atoms with Gasteiger partial charge in [-0.15, -0.1) is 0 Å². The average Bonchev–Trinajstić information content (AvgIpc) is 2.83. The monoisotopic (exact) mass is 243 g/mol. The summed E-state index contributed by atoms with van der Waals surface area (Å²) in [6, 6.07) is -0.125. The molecule has 5 nitrogen and oxygen atoms in total. The summed E-state index contributed by atoms with van der Waals surface area (Å²) < 4.78 is 2.06. The minimum Gasteiger partial charge on any atom is -0.333 e. The number of nitrogens with two attached hydrogens (primary N) is 1. The molecule has 94 valence electrons. The number of anilines is 1. The molecule has 0 spiro atoms. The van der Waals surface area contributed by atoms with E-state index in [2.05, 4.69) is 39.3 Å². The van der Waals surface area contributed by atoms with Gasteiger partial charge in [0.25, 0.3) is 0 Å². The molecule has 3 rings (SSSR count). The van der Waals surface area contributed by atoms with Crippen LogP contribution in [0.5, 0.6) is 0 Å². The van der Waals surface area contributed by atoms with E-state index in [1.165, 1.54) is 0 Å². The Hall–Kier alpha value is -1.88. The highest BCUT2D eigenvalue weighted by atomic mass is 15.2. The molecule has 5 heteroatoms. The first-order chi connectivity index (χ1) is 8.72. The van der Waals surface area contributed by atoms with Gasteiger partial charge in [-0.3, -0.25) is 9.38 Å². The van der Waals surface area contributed by atoms with E-state index < -0.39 is 0 Å². The lowest BCUT2D eigenvalue weighted by Crippen LogP contribution is -2.30. The van der Waals surface area contributed by atoms with Gasteiger partial charge >= 0.3 is 0 Å². The lowest BCUT2D eigenvalue weighted by atomic mass is 10.0. The number of fused-ring (bicyclic) bond motifs is 3. The topological polar surface area (TPSA) is 59.5 Å². The van der Waals surface area contributed by atoms with Crippen LogP contribution in [0.2, 0.25) is 0 Å². The Morgan fingerprint density at radius 3 is 3.00 bits per heavy atom. The molecule has 2 N–H and O–H groups in total. The fraction of sp³-hybridized carbons (Fsp3) is 0.385. The molecule has 1 unspecified atom stereocenters. The molecular weight excluding hydrogens is 226 g/mol. The largest absolute Gasteiger partial charge is 0.333 e. The fourth-order valence-corrected chi connectivity index (χ4v) is 2.41. The van der Waals surface area contributed by atoms with Crippen molar-refractivity contribution in [1.29, 1.82) is 0 Å². The van der Waals surface area contributed by atoms with Gasteiger partial charge in [-0.2, -0.15) is 0 Å². The zero-order chi connectivity index (χ0) is 12.7. The molecular formula is C13H17N5. The maximum absolute atomic E-state index is 6.22. The first-order valence-electron chi connectivity index (χ1n) is 6.24. The normalized spacial score (nSPS) is 18.9. The second-order valence-electron chi connectivity index (χ2n) is 4.70. The third-order valence-corrected chi connectivity index (χ3v) is 3.34. The van der Waals surface area contributed by atoms with Crippen LogP contribution in [0.25, 0.3) is 5.52 Å². The third-order valence-electron chi connectivity index (χ3n) is 3.34. The Balaban J connectivity index is 2.25. The molecule has 0 radical (unpaired) electrons. The summed E-state index contributed by atoms with van der Waals surface area (Å²) in [4.78, 5) is 10.9. The van der Waals surface area contributed by atoms with Crippen molar-refractivity contribution < 1.29 is 0 Å². The van der Waals surface area contributed by atoms with Crippen LogP contribution < -0.4 is 10.6 Å². The van der Waals surface area contributed by atoms with Crippen molar-refractivity contribution >= 4 is 11.3 Å². The average molecular weight is 243 g/mol. The van der Waals surface area contributed by atoms with Gasteiger partial charge in [-0.25, -0.2) is 4.98 Å². The maximum Gasteiger partial charge on any atom is 0.142 e. The van der Waals surface area contributed by atoms with Crippen LogP contribution in [-0.2, 0) is 0 Å². The number of hydrogen-bond acceptors (Lipinski definition) is 4. The van der Waals surface area contributed by atoms with Crippen molar-refractivity contribution in [3.05, 3.63) is 36.2 Å². The summed E-state index contributed by atoms with van der Waals surface area (Å²) in [6.45, 7) is 5.17. The molecule has 1 aliphatic heterocycles. The van der Waals surface area contributed by atoms with E-state index in [0.717, 1.165) is 35.6 Å². The van der Waals surface area contributed by atoms with E-state index in [-0.39, 0.29) is 6.04 Å². The second kappa shape index (κ2) is 4.10. The zero-order valence-electron chi connectivity index (χ0n) is 10.7. The van der Waals surface area contributed by atoms with Gasteiger partial charge in [-0.05, 0) is 18.9 Å². The van der Waals surface area contributed by atoms with E-state index in [1.54, 1.807) is 0 Å². The smallest absolute Gasteiger partial charge is 0.142 e. The van der Waals surface area contributed by atoms with Gasteiger partial charge in [0.2, 0.25) is 0 Å². The van der Waals surface area contributed by atoms with Crippen LogP contribution in [0, 0.1) is 0 Å². The molecule has 18 heavy (non-hydrogen) atoms. The van der Waals surface area contributed by atoms with Crippen LogP contribution in [0.3, 0.4) is 0 Å². The molecule has 0 aromatic carbocycles. The lowest BCUT2D eigenvalue weighted by Gasteiger charge is -2.31. The molecule has 0 amide bonds. The first-order valence-corrected chi connectivity index (χ1v) is 6.24. The Morgan fingerprint density at radius 2 is 2.22 bits per heavy atom. The highest BCUT2D eigenvalue weighted by Crippen LogP contribution is 2.33. The predicted molar refractivity (Wildman–Crippen MR) is 71.3 cm³/mol. The minimum absolute atomic E-state index is 0.125. The number of rotatable bonds is 2. The van der Waals surface area contributed by atoms with E-state index >= 15 is 0 Å². The number of hydrogen-bond donors (Lipinski definition) is 1. The number of nitrogens with zero attached hydrogens (tertiary/aromatic N) is 4. The van der Waals surface area contributed by atoms with Crippen molar-refractivity contribution in [2.45, 2.75) is 26.3 Å². The molecule has 0 aliphatic carbocycles. The summed E-state index contributed by atoms with van der Waals surface area (Å²) in [7, 11) is 0. The van der Waals surface area contributed by atoms with Crippen molar-refractivity contribution in [3.63, 3.8) is 0 Å². The van der Waals surface area contributed by atoms with Crippen LogP contribution in [0.15, 0.2) is 30.5 Å². The van der Waals surface area contributed by atoms with Gasteiger partial charge in [0.1, 0.15) is 17.8 Å². The highest BCUT2D eigenvalue weighted by Gasteiger charge is 2.25. The zero-order valence-corrected chi connectivity index (χ0v) is 10.7. The number of imidazole rings is 1. The predicted octanol–water partition coefficient (Wildman–Crippen LogP) is 1.86. The minimum atomic E-state index is -0.125. The van der Waals surface area contributed by atoms with Crippen molar-refractivity contribution in [2.75, 3.05) is 11.4 Å². The molecule has 1 aliphatic rings. The molecule has 0 saturated carbocycles.